The van der Waals surface area contributed by atoms with Crippen molar-refractivity contribution in [2.75, 3.05) is 20.8 Å². The van der Waals surface area contributed by atoms with Gasteiger partial charge in [0.15, 0.2) is 0 Å². The van der Waals surface area contributed by atoms with Crippen molar-refractivity contribution in [3.05, 3.63) is 23.3 Å². The molecule has 1 aromatic rings. The molecule has 0 spiro atoms. The molecule has 1 saturated heterocycles. The topological polar surface area (TPSA) is 38.8 Å². The molecule has 0 aromatic heterocycles. The minimum Gasteiger partial charge on any atom is -0.497 e. The van der Waals surface area contributed by atoms with Crippen molar-refractivity contribution in [3.63, 3.8) is 0 Å². The first-order chi connectivity index (χ1) is 8.76. The fraction of sp³-hybridized carbons (Fsp3) is 0.500. The van der Waals surface area contributed by atoms with Gasteiger partial charge in [0.1, 0.15) is 11.5 Å². The van der Waals surface area contributed by atoms with Gasteiger partial charge in [-0.15, -0.1) is 0 Å². The van der Waals surface area contributed by atoms with Gasteiger partial charge in [-0.25, -0.2) is 0 Å². The lowest BCUT2D eigenvalue weighted by molar-refractivity contribution is 0.0670. The number of piperidine rings is 1. The van der Waals surface area contributed by atoms with Crippen LogP contribution in [-0.2, 0) is 0 Å². The molecule has 0 bridgehead atoms. The van der Waals surface area contributed by atoms with E-state index in [1.807, 2.05) is 17.0 Å². The molecule has 1 fully saturated rings. The van der Waals surface area contributed by atoms with Crippen molar-refractivity contribution in [3.8, 4) is 11.5 Å². The van der Waals surface area contributed by atoms with Crippen molar-refractivity contribution >= 4 is 5.91 Å². The summed E-state index contributed by atoms with van der Waals surface area (Å²) in [6, 6.07) is 3.89. The molecule has 0 aliphatic carbocycles. The molecule has 4 nitrogen and oxygen atoms in total. The second kappa shape index (κ2) is 4.19. The Morgan fingerprint density at radius 2 is 2.06 bits per heavy atom. The van der Waals surface area contributed by atoms with Gasteiger partial charge in [-0.3, -0.25) is 4.79 Å². The van der Waals surface area contributed by atoms with Gasteiger partial charge in [0.05, 0.1) is 25.8 Å². The number of methoxy groups -OCH3 is 2. The lowest BCUT2D eigenvalue weighted by Gasteiger charge is -2.30. The highest BCUT2D eigenvalue weighted by Gasteiger charge is 2.40. The summed E-state index contributed by atoms with van der Waals surface area (Å²) in [5.74, 6) is 1.57. The Labute approximate surface area is 106 Å². The van der Waals surface area contributed by atoms with E-state index in [0.29, 0.717) is 5.75 Å². The lowest BCUT2D eigenvalue weighted by atomic mass is 9.96. The number of benzene rings is 1. The Bertz CT molecular complexity index is 498. The van der Waals surface area contributed by atoms with Crippen molar-refractivity contribution in [1.82, 2.24) is 4.90 Å². The van der Waals surface area contributed by atoms with Crippen molar-refractivity contribution in [2.45, 2.75) is 25.3 Å². The van der Waals surface area contributed by atoms with Gasteiger partial charge in [-0.1, -0.05) is 0 Å². The molecular formula is C14H17NO3. The summed E-state index contributed by atoms with van der Waals surface area (Å²) in [5.41, 5.74) is 1.79. The number of fused-ring (bicyclic) bond motifs is 3. The molecule has 0 N–H and O–H groups in total. The van der Waals surface area contributed by atoms with Gasteiger partial charge < -0.3 is 14.4 Å². The van der Waals surface area contributed by atoms with E-state index in [-0.39, 0.29) is 11.9 Å². The third kappa shape index (κ3) is 1.48. The SMILES string of the molecule is COc1cc(OC)c2c(c1)C(=O)N1CCCCC21. The quantitative estimate of drug-likeness (QED) is 0.805. The highest BCUT2D eigenvalue weighted by atomic mass is 16.5. The standard InChI is InChI=1S/C14H17NO3/c1-17-9-7-10-13(12(8-9)18-2)11-5-3-4-6-15(11)14(10)16/h7-8,11H,3-6H2,1-2H3. The Balaban J connectivity index is 2.15. The number of carbonyl (C=O) groups excluding carboxylic acids is 1. The molecule has 0 radical (unpaired) electrons. The van der Waals surface area contributed by atoms with Crippen molar-refractivity contribution in [2.24, 2.45) is 0 Å². The Hall–Kier alpha value is -1.71. The van der Waals surface area contributed by atoms with Crippen LogP contribution in [0.4, 0.5) is 0 Å². The third-order valence-corrected chi connectivity index (χ3v) is 3.90. The zero-order valence-corrected chi connectivity index (χ0v) is 10.7. The van der Waals surface area contributed by atoms with E-state index < -0.39 is 0 Å². The zero-order chi connectivity index (χ0) is 12.7. The maximum absolute atomic E-state index is 12.4. The Morgan fingerprint density at radius 3 is 2.78 bits per heavy atom. The van der Waals surface area contributed by atoms with Crippen LogP contribution in [0.2, 0.25) is 0 Å². The van der Waals surface area contributed by atoms with Crippen LogP contribution in [-0.4, -0.2) is 31.6 Å². The van der Waals surface area contributed by atoms with Gasteiger partial charge in [-0.05, 0) is 25.3 Å². The van der Waals surface area contributed by atoms with E-state index in [4.69, 9.17) is 9.47 Å². The Kier molecular flexibility index (Phi) is 2.65. The zero-order valence-electron chi connectivity index (χ0n) is 10.7. The number of hydrogen-bond acceptors (Lipinski definition) is 3. The fourth-order valence-electron chi connectivity index (χ4n) is 3.04. The summed E-state index contributed by atoms with van der Waals surface area (Å²) in [7, 11) is 3.25. The van der Waals surface area contributed by atoms with Crippen molar-refractivity contribution < 1.29 is 14.3 Å². The van der Waals surface area contributed by atoms with Crippen LogP contribution >= 0.6 is 0 Å². The summed E-state index contributed by atoms with van der Waals surface area (Å²) in [6.07, 6.45) is 3.29. The normalized spacial score (nSPS) is 21.6. The second-order valence-electron chi connectivity index (χ2n) is 4.80. The van der Waals surface area contributed by atoms with Crippen LogP contribution in [0.1, 0.15) is 41.2 Å². The van der Waals surface area contributed by atoms with E-state index >= 15 is 0 Å². The van der Waals surface area contributed by atoms with Crippen LogP contribution in [0, 0.1) is 0 Å². The summed E-state index contributed by atoms with van der Waals surface area (Å²) in [5, 5.41) is 0. The molecule has 1 aromatic carbocycles. The maximum Gasteiger partial charge on any atom is 0.255 e. The first-order valence-corrected chi connectivity index (χ1v) is 6.33. The largest absolute Gasteiger partial charge is 0.497 e. The average Bonchev–Trinajstić information content (AvgIpc) is 2.72. The van der Waals surface area contributed by atoms with Crippen LogP contribution in [0.25, 0.3) is 0 Å². The van der Waals surface area contributed by atoms with Crippen molar-refractivity contribution in [1.29, 1.82) is 0 Å². The molecule has 96 valence electrons. The number of rotatable bonds is 2. The number of amides is 1. The van der Waals surface area contributed by atoms with Crippen LogP contribution < -0.4 is 9.47 Å². The second-order valence-corrected chi connectivity index (χ2v) is 4.80. The average molecular weight is 247 g/mol. The number of nitrogens with zero attached hydrogens (tertiary/aromatic N) is 1. The molecule has 2 heterocycles. The molecule has 2 aliphatic heterocycles. The predicted octanol–water partition coefficient (Wildman–Crippen LogP) is 2.38. The summed E-state index contributed by atoms with van der Waals surface area (Å²) in [6.45, 7) is 0.851. The van der Waals surface area contributed by atoms with E-state index in [0.717, 1.165) is 36.3 Å². The van der Waals surface area contributed by atoms with E-state index in [1.54, 1.807) is 14.2 Å². The molecule has 18 heavy (non-hydrogen) atoms. The molecule has 4 heteroatoms. The summed E-state index contributed by atoms with van der Waals surface area (Å²) >= 11 is 0. The molecule has 3 rings (SSSR count). The molecule has 1 atom stereocenters. The number of carbonyl (C=O) groups is 1. The first-order valence-electron chi connectivity index (χ1n) is 6.33. The van der Waals surface area contributed by atoms with Gasteiger partial charge in [0.25, 0.3) is 5.91 Å². The van der Waals surface area contributed by atoms with E-state index in [1.165, 1.54) is 6.42 Å². The van der Waals surface area contributed by atoms with Gasteiger partial charge in [0.2, 0.25) is 0 Å². The van der Waals surface area contributed by atoms with Crippen LogP contribution in [0.15, 0.2) is 12.1 Å². The predicted molar refractivity (Wildman–Crippen MR) is 67.2 cm³/mol. The Morgan fingerprint density at radius 1 is 1.22 bits per heavy atom. The third-order valence-electron chi connectivity index (χ3n) is 3.90. The van der Waals surface area contributed by atoms with Gasteiger partial charge in [0, 0.05) is 18.2 Å². The van der Waals surface area contributed by atoms with Gasteiger partial charge in [-0.2, -0.15) is 0 Å². The molecular weight excluding hydrogens is 230 g/mol. The molecule has 0 saturated carbocycles. The highest BCUT2D eigenvalue weighted by Crippen LogP contribution is 2.45. The minimum atomic E-state index is 0.118. The summed E-state index contributed by atoms with van der Waals surface area (Å²) in [4.78, 5) is 14.4. The number of hydrogen-bond donors (Lipinski definition) is 0. The maximum atomic E-state index is 12.4. The van der Waals surface area contributed by atoms with Gasteiger partial charge >= 0.3 is 0 Å². The monoisotopic (exact) mass is 247 g/mol. The highest BCUT2D eigenvalue weighted by molar-refractivity contribution is 6.00. The van der Waals surface area contributed by atoms with Crippen LogP contribution in [0.3, 0.4) is 0 Å². The molecule has 1 amide bonds. The number of ether oxygens (including phenoxy) is 2. The van der Waals surface area contributed by atoms with Crippen LogP contribution in [0.5, 0.6) is 11.5 Å². The fourth-order valence-corrected chi connectivity index (χ4v) is 3.04. The smallest absolute Gasteiger partial charge is 0.255 e. The molecule has 2 aliphatic rings. The van der Waals surface area contributed by atoms with E-state index in [9.17, 15) is 4.79 Å². The minimum absolute atomic E-state index is 0.118. The molecule has 1 unspecified atom stereocenters. The summed E-state index contributed by atoms with van der Waals surface area (Å²) < 4.78 is 10.7. The lowest BCUT2D eigenvalue weighted by Crippen LogP contribution is -2.32. The first kappa shape index (κ1) is 11.4. The van der Waals surface area contributed by atoms with E-state index in [2.05, 4.69) is 0 Å².